The van der Waals surface area contributed by atoms with Gasteiger partial charge >= 0.3 is 0 Å². The molecule has 0 aliphatic rings. The van der Waals surface area contributed by atoms with Crippen LogP contribution >= 0.6 is 15.9 Å². The number of halogens is 2. The summed E-state index contributed by atoms with van der Waals surface area (Å²) in [5.74, 6) is -0.248. The van der Waals surface area contributed by atoms with Gasteiger partial charge in [0.05, 0.1) is 4.47 Å². The molecule has 0 fully saturated rings. The Kier molecular flexibility index (Phi) is 3.23. The summed E-state index contributed by atoms with van der Waals surface area (Å²) in [5.41, 5.74) is 6.73. The van der Waals surface area contributed by atoms with Crippen LogP contribution in [0.2, 0.25) is 0 Å². The topological polar surface area (TPSA) is 26.0 Å². The Bertz CT molecular complexity index is 275. The molecule has 0 bridgehead atoms. The molecule has 1 rings (SSSR count). The molecule has 1 unspecified atom stereocenters. The fourth-order valence-electron chi connectivity index (χ4n) is 0.979. The Morgan fingerprint density at radius 1 is 1.58 bits per heavy atom. The summed E-state index contributed by atoms with van der Waals surface area (Å²) >= 11 is 3.11. The lowest BCUT2D eigenvalue weighted by Crippen LogP contribution is -2.08. The van der Waals surface area contributed by atoms with Crippen molar-refractivity contribution in [2.24, 2.45) is 5.73 Å². The number of nitrogens with two attached hydrogens (primary N) is 1. The molecule has 0 spiro atoms. The van der Waals surface area contributed by atoms with E-state index in [0.717, 1.165) is 12.0 Å². The van der Waals surface area contributed by atoms with Crippen molar-refractivity contribution in [2.45, 2.75) is 19.4 Å². The maximum atomic E-state index is 12.8. The molecule has 2 N–H and O–H groups in total. The van der Waals surface area contributed by atoms with Crippen molar-refractivity contribution >= 4 is 15.9 Å². The molecular formula is C9H11BrFN. The summed E-state index contributed by atoms with van der Waals surface area (Å²) in [7, 11) is 0. The first-order valence-electron chi connectivity index (χ1n) is 3.85. The van der Waals surface area contributed by atoms with Crippen molar-refractivity contribution in [1.29, 1.82) is 0 Å². The molecule has 0 aliphatic heterocycles. The second kappa shape index (κ2) is 4.01. The van der Waals surface area contributed by atoms with E-state index in [9.17, 15) is 4.39 Å². The molecule has 1 atom stereocenters. The molecule has 3 heteroatoms. The maximum Gasteiger partial charge on any atom is 0.137 e. The SMILES string of the molecule is CCC(N)c1ccc(F)c(Br)c1. The molecule has 0 saturated heterocycles. The summed E-state index contributed by atoms with van der Waals surface area (Å²) in [6.45, 7) is 2.00. The number of benzene rings is 1. The Balaban J connectivity index is 2.96. The van der Waals surface area contributed by atoms with Gasteiger partial charge in [0.25, 0.3) is 0 Å². The highest BCUT2D eigenvalue weighted by atomic mass is 79.9. The monoisotopic (exact) mass is 231 g/mol. The van der Waals surface area contributed by atoms with Crippen LogP contribution in [0.4, 0.5) is 4.39 Å². The fourth-order valence-corrected chi connectivity index (χ4v) is 1.38. The van der Waals surface area contributed by atoms with Gasteiger partial charge in [0.1, 0.15) is 5.82 Å². The number of rotatable bonds is 2. The van der Waals surface area contributed by atoms with E-state index in [2.05, 4.69) is 15.9 Å². The van der Waals surface area contributed by atoms with Crippen LogP contribution in [0.25, 0.3) is 0 Å². The first kappa shape index (κ1) is 9.68. The molecule has 0 saturated carbocycles. The van der Waals surface area contributed by atoms with Gasteiger partial charge in [-0.2, -0.15) is 0 Å². The predicted octanol–water partition coefficient (Wildman–Crippen LogP) is 3.00. The summed E-state index contributed by atoms with van der Waals surface area (Å²) in [4.78, 5) is 0. The van der Waals surface area contributed by atoms with Gasteiger partial charge in [-0.25, -0.2) is 4.39 Å². The van der Waals surface area contributed by atoms with E-state index in [-0.39, 0.29) is 11.9 Å². The zero-order valence-electron chi connectivity index (χ0n) is 6.85. The summed E-state index contributed by atoms with van der Waals surface area (Å²) < 4.78 is 13.3. The van der Waals surface area contributed by atoms with E-state index < -0.39 is 0 Å². The molecule has 1 nitrogen and oxygen atoms in total. The minimum Gasteiger partial charge on any atom is -0.324 e. The van der Waals surface area contributed by atoms with E-state index >= 15 is 0 Å². The molecule has 1 aromatic rings. The summed E-state index contributed by atoms with van der Waals surface area (Å²) in [5, 5.41) is 0. The zero-order chi connectivity index (χ0) is 9.14. The third-order valence-electron chi connectivity index (χ3n) is 1.81. The quantitative estimate of drug-likeness (QED) is 0.833. The van der Waals surface area contributed by atoms with Gasteiger partial charge in [0.2, 0.25) is 0 Å². The van der Waals surface area contributed by atoms with E-state index in [1.54, 1.807) is 12.1 Å². The Morgan fingerprint density at radius 2 is 2.25 bits per heavy atom. The van der Waals surface area contributed by atoms with Crippen molar-refractivity contribution in [3.8, 4) is 0 Å². The van der Waals surface area contributed by atoms with Crippen molar-refractivity contribution in [3.63, 3.8) is 0 Å². The average molecular weight is 232 g/mol. The first-order valence-corrected chi connectivity index (χ1v) is 4.65. The minimum atomic E-state index is -0.248. The third-order valence-corrected chi connectivity index (χ3v) is 2.42. The van der Waals surface area contributed by atoms with Gasteiger partial charge in [-0.05, 0) is 40.0 Å². The Labute approximate surface area is 79.9 Å². The second-order valence-corrected chi connectivity index (χ2v) is 3.54. The van der Waals surface area contributed by atoms with Gasteiger partial charge in [-0.3, -0.25) is 0 Å². The van der Waals surface area contributed by atoms with Gasteiger partial charge in [0, 0.05) is 6.04 Å². The van der Waals surface area contributed by atoms with Crippen LogP contribution in [-0.4, -0.2) is 0 Å². The van der Waals surface area contributed by atoms with E-state index in [4.69, 9.17) is 5.73 Å². The Morgan fingerprint density at radius 3 is 2.75 bits per heavy atom. The molecule has 0 aliphatic carbocycles. The summed E-state index contributed by atoms with van der Waals surface area (Å²) in [6, 6.07) is 4.87. The van der Waals surface area contributed by atoms with Gasteiger partial charge in [-0.15, -0.1) is 0 Å². The van der Waals surface area contributed by atoms with Crippen LogP contribution in [0, 0.1) is 5.82 Å². The maximum absolute atomic E-state index is 12.8. The third kappa shape index (κ3) is 2.05. The van der Waals surface area contributed by atoms with Crippen LogP contribution < -0.4 is 5.73 Å². The highest BCUT2D eigenvalue weighted by Crippen LogP contribution is 2.21. The van der Waals surface area contributed by atoms with Gasteiger partial charge < -0.3 is 5.73 Å². The largest absolute Gasteiger partial charge is 0.324 e. The van der Waals surface area contributed by atoms with E-state index in [1.807, 2.05) is 6.92 Å². The van der Waals surface area contributed by atoms with Gasteiger partial charge in [0.15, 0.2) is 0 Å². The molecule has 0 radical (unpaired) electrons. The number of hydrogen-bond acceptors (Lipinski definition) is 1. The van der Waals surface area contributed by atoms with Crippen LogP contribution in [0.5, 0.6) is 0 Å². The molecule has 1 aromatic carbocycles. The van der Waals surface area contributed by atoms with Crippen molar-refractivity contribution < 1.29 is 4.39 Å². The Hall–Kier alpha value is -0.410. The lowest BCUT2D eigenvalue weighted by Gasteiger charge is -2.09. The van der Waals surface area contributed by atoms with Gasteiger partial charge in [-0.1, -0.05) is 13.0 Å². The summed E-state index contributed by atoms with van der Waals surface area (Å²) in [6.07, 6.45) is 0.859. The smallest absolute Gasteiger partial charge is 0.137 e. The average Bonchev–Trinajstić information content (AvgIpc) is 2.08. The molecule has 0 aromatic heterocycles. The van der Waals surface area contributed by atoms with E-state index in [1.165, 1.54) is 6.07 Å². The van der Waals surface area contributed by atoms with Crippen molar-refractivity contribution in [1.82, 2.24) is 0 Å². The molecule has 0 amide bonds. The fraction of sp³-hybridized carbons (Fsp3) is 0.333. The van der Waals surface area contributed by atoms with Crippen LogP contribution in [0.1, 0.15) is 24.9 Å². The minimum absolute atomic E-state index is 0.00176. The lowest BCUT2D eigenvalue weighted by atomic mass is 10.1. The van der Waals surface area contributed by atoms with Crippen molar-refractivity contribution in [3.05, 3.63) is 34.1 Å². The lowest BCUT2D eigenvalue weighted by molar-refractivity contribution is 0.616. The van der Waals surface area contributed by atoms with Crippen molar-refractivity contribution in [2.75, 3.05) is 0 Å². The second-order valence-electron chi connectivity index (χ2n) is 2.69. The predicted molar refractivity (Wildman–Crippen MR) is 51.3 cm³/mol. The highest BCUT2D eigenvalue weighted by Gasteiger charge is 2.05. The van der Waals surface area contributed by atoms with Crippen LogP contribution in [-0.2, 0) is 0 Å². The first-order chi connectivity index (χ1) is 5.65. The zero-order valence-corrected chi connectivity index (χ0v) is 8.44. The van der Waals surface area contributed by atoms with Crippen LogP contribution in [0.3, 0.4) is 0 Å². The van der Waals surface area contributed by atoms with E-state index in [0.29, 0.717) is 4.47 Å². The number of hydrogen-bond donors (Lipinski definition) is 1. The normalized spacial score (nSPS) is 13.0. The molecule has 66 valence electrons. The van der Waals surface area contributed by atoms with Crippen LogP contribution in [0.15, 0.2) is 22.7 Å². The highest BCUT2D eigenvalue weighted by molar-refractivity contribution is 9.10. The standard InChI is InChI=1S/C9H11BrFN/c1-2-9(12)6-3-4-8(11)7(10)5-6/h3-5,9H,2,12H2,1H3. The molecule has 12 heavy (non-hydrogen) atoms. The molecule has 0 heterocycles. The molecular weight excluding hydrogens is 221 g/mol.